The zero-order valence-corrected chi connectivity index (χ0v) is 11.0. The maximum absolute atomic E-state index is 11.1. The SMILES string of the molecule is CCC(=O)Nc1nnc(-c2cc(Cl)sc2Cl)o1. The molecule has 2 aromatic heterocycles. The second-order valence-corrected chi connectivity index (χ2v) is 5.34. The molecule has 0 saturated heterocycles. The van der Waals surface area contributed by atoms with Crippen molar-refractivity contribution in [3.05, 3.63) is 14.7 Å². The molecule has 5 nitrogen and oxygen atoms in total. The van der Waals surface area contributed by atoms with Gasteiger partial charge in [0.25, 0.3) is 5.89 Å². The molecule has 0 unspecified atom stereocenters. The number of nitrogens with one attached hydrogen (secondary N) is 1. The first-order valence-electron chi connectivity index (χ1n) is 4.68. The molecule has 8 heteroatoms. The highest BCUT2D eigenvalue weighted by Crippen LogP contribution is 2.37. The van der Waals surface area contributed by atoms with Crippen molar-refractivity contribution in [3.8, 4) is 11.5 Å². The van der Waals surface area contributed by atoms with Crippen LogP contribution in [0.2, 0.25) is 8.67 Å². The molecule has 2 heterocycles. The molecule has 2 rings (SSSR count). The van der Waals surface area contributed by atoms with E-state index in [-0.39, 0.29) is 17.8 Å². The summed E-state index contributed by atoms with van der Waals surface area (Å²) in [6.07, 6.45) is 0.336. The van der Waals surface area contributed by atoms with Crippen LogP contribution in [0.25, 0.3) is 11.5 Å². The van der Waals surface area contributed by atoms with Gasteiger partial charge in [-0.05, 0) is 6.07 Å². The van der Waals surface area contributed by atoms with Gasteiger partial charge in [-0.25, -0.2) is 0 Å². The van der Waals surface area contributed by atoms with Gasteiger partial charge < -0.3 is 4.42 Å². The molecule has 1 amide bonds. The topological polar surface area (TPSA) is 68.0 Å². The molecule has 17 heavy (non-hydrogen) atoms. The maximum Gasteiger partial charge on any atom is 0.322 e. The molecule has 0 aliphatic carbocycles. The molecule has 0 bridgehead atoms. The van der Waals surface area contributed by atoms with E-state index in [0.29, 0.717) is 20.7 Å². The number of anilines is 1. The lowest BCUT2D eigenvalue weighted by Gasteiger charge is -1.94. The average Bonchev–Trinajstić information content (AvgIpc) is 2.85. The van der Waals surface area contributed by atoms with Gasteiger partial charge in [0.2, 0.25) is 5.91 Å². The van der Waals surface area contributed by atoms with Gasteiger partial charge in [-0.2, -0.15) is 0 Å². The molecule has 0 atom stereocenters. The summed E-state index contributed by atoms with van der Waals surface area (Å²) in [5.41, 5.74) is 0.561. The second-order valence-electron chi connectivity index (χ2n) is 3.05. The fourth-order valence-electron chi connectivity index (χ4n) is 1.08. The first-order chi connectivity index (χ1) is 8.10. The van der Waals surface area contributed by atoms with E-state index in [1.165, 1.54) is 11.3 Å². The lowest BCUT2D eigenvalue weighted by molar-refractivity contribution is -0.116. The molecule has 0 spiro atoms. The van der Waals surface area contributed by atoms with Crippen LogP contribution in [-0.4, -0.2) is 16.1 Å². The summed E-state index contributed by atoms with van der Waals surface area (Å²) < 4.78 is 6.24. The number of amides is 1. The van der Waals surface area contributed by atoms with E-state index in [4.69, 9.17) is 27.6 Å². The van der Waals surface area contributed by atoms with Crippen LogP contribution in [0, 0.1) is 0 Å². The van der Waals surface area contributed by atoms with Gasteiger partial charge in [0.1, 0.15) is 4.34 Å². The highest BCUT2D eigenvalue weighted by Gasteiger charge is 2.15. The highest BCUT2D eigenvalue weighted by atomic mass is 35.5. The Hall–Kier alpha value is -1.11. The number of hydrogen-bond acceptors (Lipinski definition) is 5. The Morgan fingerprint density at radius 2 is 2.29 bits per heavy atom. The van der Waals surface area contributed by atoms with Crippen LogP contribution in [0.1, 0.15) is 13.3 Å². The summed E-state index contributed by atoms with van der Waals surface area (Å²) in [5.74, 6) is 0.0270. The molecule has 0 aliphatic heterocycles. The number of hydrogen-bond donors (Lipinski definition) is 1. The van der Waals surface area contributed by atoms with Gasteiger partial charge in [0.15, 0.2) is 0 Å². The molecule has 90 valence electrons. The number of carbonyl (C=O) groups is 1. The van der Waals surface area contributed by atoms with Crippen LogP contribution < -0.4 is 5.32 Å². The fraction of sp³-hybridized carbons (Fsp3) is 0.222. The van der Waals surface area contributed by atoms with Crippen molar-refractivity contribution in [2.75, 3.05) is 5.32 Å². The molecule has 0 fully saturated rings. The Bertz CT molecular complexity index is 552. The van der Waals surface area contributed by atoms with Gasteiger partial charge in [-0.1, -0.05) is 35.2 Å². The van der Waals surface area contributed by atoms with Gasteiger partial charge in [-0.15, -0.1) is 16.4 Å². The minimum Gasteiger partial charge on any atom is -0.403 e. The monoisotopic (exact) mass is 291 g/mol. The van der Waals surface area contributed by atoms with E-state index in [0.717, 1.165) is 0 Å². The van der Waals surface area contributed by atoms with Gasteiger partial charge in [0.05, 0.1) is 9.90 Å². The van der Waals surface area contributed by atoms with Crippen molar-refractivity contribution in [2.45, 2.75) is 13.3 Å². The molecule has 0 aliphatic rings. The normalized spacial score (nSPS) is 10.5. The minimum atomic E-state index is -0.199. The molecule has 0 radical (unpaired) electrons. The number of halogens is 2. The molecule has 0 saturated carbocycles. The van der Waals surface area contributed by atoms with Crippen LogP contribution in [0.3, 0.4) is 0 Å². The molecule has 2 aromatic rings. The Kier molecular flexibility index (Phi) is 3.66. The predicted molar refractivity (Wildman–Crippen MR) is 66.6 cm³/mol. The largest absolute Gasteiger partial charge is 0.403 e. The van der Waals surface area contributed by atoms with Crippen molar-refractivity contribution in [3.63, 3.8) is 0 Å². The summed E-state index contributed by atoms with van der Waals surface area (Å²) >= 11 is 13.0. The van der Waals surface area contributed by atoms with Crippen molar-refractivity contribution in [1.29, 1.82) is 0 Å². The summed E-state index contributed by atoms with van der Waals surface area (Å²) in [5, 5.41) is 9.92. The molecule has 0 aromatic carbocycles. The van der Waals surface area contributed by atoms with Crippen molar-refractivity contribution in [1.82, 2.24) is 10.2 Å². The molecule has 1 N–H and O–H groups in total. The van der Waals surface area contributed by atoms with E-state index < -0.39 is 0 Å². The second kappa shape index (κ2) is 5.03. The summed E-state index contributed by atoms with van der Waals surface area (Å²) in [6, 6.07) is 1.68. The van der Waals surface area contributed by atoms with Crippen LogP contribution >= 0.6 is 34.5 Å². The number of nitrogens with zero attached hydrogens (tertiary/aromatic N) is 2. The summed E-state index contributed by atoms with van der Waals surface area (Å²) in [4.78, 5) is 11.1. The first-order valence-corrected chi connectivity index (χ1v) is 6.26. The van der Waals surface area contributed by atoms with Gasteiger partial charge in [-0.3, -0.25) is 10.1 Å². The number of thiophene rings is 1. The fourth-order valence-corrected chi connectivity index (χ4v) is 2.52. The zero-order chi connectivity index (χ0) is 12.4. The van der Waals surface area contributed by atoms with Crippen molar-refractivity contribution < 1.29 is 9.21 Å². The van der Waals surface area contributed by atoms with E-state index in [9.17, 15) is 4.79 Å². The lowest BCUT2D eigenvalue weighted by atomic mass is 10.3. The summed E-state index contributed by atoms with van der Waals surface area (Å²) in [7, 11) is 0. The highest BCUT2D eigenvalue weighted by molar-refractivity contribution is 7.20. The zero-order valence-electron chi connectivity index (χ0n) is 8.66. The van der Waals surface area contributed by atoms with Crippen molar-refractivity contribution in [2.24, 2.45) is 0 Å². The number of aromatic nitrogens is 2. The third kappa shape index (κ3) is 2.77. The van der Waals surface area contributed by atoms with E-state index >= 15 is 0 Å². The van der Waals surface area contributed by atoms with Crippen LogP contribution in [0.4, 0.5) is 6.01 Å². The Morgan fingerprint density at radius 3 is 2.88 bits per heavy atom. The summed E-state index contributed by atoms with van der Waals surface area (Å²) in [6.45, 7) is 1.72. The third-order valence-corrected chi connectivity index (χ3v) is 3.37. The number of carbonyl (C=O) groups excluding carboxylic acids is 1. The Labute approximate surface area is 111 Å². The molecular formula is C9H7Cl2N3O2S. The van der Waals surface area contributed by atoms with E-state index in [1.807, 2.05) is 0 Å². The van der Waals surface area contributed by atoms with E-state index in [2.05, 4.69) is 15.5 Å². The lowest BCUT2D eigenvalue weighted by Crippen LogP contribution is -2.09. The standard InChI is InChI=1S/C9H7Cl2N3O2S/c1-2-6(15)12-9-14-13-8(16-9)4-3-5(10)17-7(4)11/h3H,2H2,1H3,(H,12,14,15). The minimum absolute atomic E-state index is 0.0465. The van der Waals surface area contributed by atoms with Crippen LogP contribution in [0.15, 0.2) is 10.5 Å². The predicted octanol–water partition coefficient (Wildman–Crippen LogP) is 3.45. The van der Waals surface area contributed by atoms with Gasteiger partial charge >= 0.3 is 6.01 Å². The van der Waals surface area contributed by atoms with E-state index in [1.54, 1.807) is 13.0 Å². The quantitative estimate of drug-likeness (QED) is 0.940. The number of rotatable bonds is 3. The smallest absolute Gasteiger partial charge is 0.322 e. The van der Waals surface area contributed by atoms with Crippen molar-refractivity contribution >= 4 is 46.5 Å². The van der Waals surface area contributed by atoms with Crippen LogP contribution in [0.5, 0.6) is 0 Å². The van der Waals surface area contributed by atoms with Gasteiger partial charge in [0, 0.05) is 6.42 Å². The average molecular weight is 292 g/mol. The Morgan fingerprint density at radius 1 is 1.53 bits per heavy atom. The first kappa shape index (κ1) is 12.3. The van der Waals surface area contributed by atoms with Crippen LogP contribution in [-0.2, 0) is 4.79 Å². The Balaban J connectivity index is 2.24. The molecular weight excluding hydrogens is 285 g/mol. The third-order valence-electron chi connectivity index (χ3n) is 1.88. The maximum atomic E-state index is 11.1.